The molecule has 0 bridgehead atoms. The molecule has 0 fully saturated rings. The van der Waals surface area contributed by atoms with Gasteiger partial charge < -0.3 is 14.7 Å². The van der Waals surface area contributed by atoms with Crippen molar-refractivity contribution in [2.75, 3.05) is 33.4 Å². The molecule has 1 heterocycles. The number of hydrogen-bond acceptors (Lipinski definition) is 5. The molecule has 142 valence electrons. The lowest BCUT2D eigenvalue weighted by molar-refractivity contribution is -0.137. The number of imide groups is 1. The van der Waals surface area contributed by atoms with E-state index in [0.29, 0.717) is 30.0 Å². The van der Waals surface area contributed by atoms with Gasteiger partial charge in [0.25, 0.3) is 11.8 Å². The monoisotopic (exact) mass is 360 g/mol. The summed E-state index contributed by atoms with van der Waals surface area (Å²) in [5.41, 5.74) is 1.43. The van der Waals surface area contributed by atoms with E-state index >= 15 is 0 Å². The first-order valence-corrected chi connectivity index (χ1v) is 9.20. The predicted molar refractivity (Wildman–Crippen MR) is 100 cm³/mol. The highest BCUT2D eigenvalue weighted by Crippen LogP contribution is 2.32. The molecule has 1 aromatic carbocycles. The fourth-order valence-electron chi connectivity index (χ4n) is 2.90. The Bertz CT molecular complexity index is 667. The summed E-state index contributed by atoms with van der Waals surface area (Å²) in [7, 11) is 1.72. The maximum Gasteiger partial charge on any atom is 0.277 e. The number of ether oxygens (including phenoxy) is 1. The first kappa shape index (κ1) is 20.0. The van der Waals surface area contributed by atoms with Gasteiger partial charge in [-0.2, -0.15) is 0 Å². The lowest BCUT2D eigenvalue weighted by Gasteiger charge is -2.20. The van der Waals surface area contributed by atoms with Crippen LogP contribution in [0.5, 0.6) is 5.75 Å². The Hall–Kier alpha value is -2.34. The number of unbranched alkanes of at least 4 members (excludes halogenated alkanes) is 1. The lowest BCUT2D eigenvalue weighted by atomic mass is 10.0. The molecule has 26 heavy (non-hydrogen) atoms. The third-order valence-corrected chi connectivity index (χ3v) is 4.31. The Balaban J connectivity index is 2.38. The first-order chi connectivity index (χ1) is 12.5. The van der Waals surface area contributed by atoms with E-state index < -0.39 is 0 Å². The highest BCUT2D eigenvalue weighted by Gasteiger charge is 2.40. The Kier molecular flexibility index (Phi) is 7.21. The molecule has 0 unspecified atom stereocenters. The molecule has 0 radical (unpaired) electrons. The largest absolute Gasteiger partial charge is 0.494 e. The number of nitrogens with zero attached hydrogens (tertiary/aromatic N) is 2. The molecule has 1 aromatic rings. The van der Waals surface area contributed by atoms with Crippen molar-refractivity contribution in [3.63, 3.8) is 0 Å². The van der Waals surface area contributed by atoms with Gasteiger partial charge >= 0.3 is 0 Å². The number of amides is 2. The molecule has 1 aliphatic heterocycles. The third kappa shape index (κ3) is 4.25. The van der Waals surface area contributed by atoms with Crippen molar-refractivity contribution in [3.8, 4) is 5.75 Å². The van der Waals surface area contributed by atoms with Gasteiger partial charge in [-0.1, -0.05) is 32.4 Å². The predicted octanol–water partition coefficient (Wildman–Crippen LogP) is 2.28. The fraction of sp³-hybridized carbons (Fsp3) is 0.500. The van der Waals surface area contributed by atoms with E-state index in [2.05, 4.69) is 0 Å². The number of benzene rings is 1. The van der Waals surface area contributed by atoms with E-state index in [4.69, 9.17) is 4.74 Å². The molecule has 1 aliphatic rings. The molecule has 0 spiro atoms. The summed E-state index contributed by atoms with van der Waals surface area (Å²) in [5, 5.41) is 9.24. The second-order valence-corrected chi connectivity index (χ2v) is 6.36. The van der Waals surface area contributed by atoms with Crippen LogP contribution in [0.25, 0.3) is 5.57 Å². The van der Waals surface area contributed by atoms with Crippen molar-refractivity contribution in [2.24, 2.45) is 0 Å². The maximum atomic E-state index is 12.9. The number of rotatable bonds is 10. The van der Waals surface area contributed by atoms with Crippen LogP contribution in [0.2, 0.25) is 0 Å². The van der Waals surface area contributed by atoms with E-state index in [0.717, 1.165) is 25.0 Å². The number of hydrogen-bond donors (Lipinski definition) is 1. The van der Waals surface area contributed by atoms with Gasteiger partial charge in [0.15, 0.2) is 0 Å². The number of aliphatic hydroxyl groups is 1. The summed E-state index contributed by atoms with van der Waals surface area (Å²) in [6.45, 7) is 5.30. The highest BCUT2D eigenvalue weighted by molar-refractivity contribution is 6.35. The summed E-state index contributed by atoms with van der Waals surface area (Å²) in [6.07, 6.45) is 2.59. The summed E-state index contributed by atoms with van der Waals surface area (Å²) >= 11 is 0. The van der Waals surface area contributed by atoms with E-state index in [1.165, 1.54) is 4.90 Å². The van der Waals surface area contributed by atoms with Crippen LogP contribution in [0, 0.1) is 0 Å². The van der Waals surface area contributed by atoms with Gasteiger partial charge in [0.1, 0.15) is 11.4 Å². The van der Waals surface area contributed by atoms with Crippen molar-refractivity contribution in [1.29, 1.82) is 0 Å². The minimum Gasteiger partial charge on any atom is -0.494 e. The van der Waals surface area contributed by atoms with E-state index in [9.17, 15) is 14.7 Å². The van der Waals surface area contributed by atoms with Crippen LogP contribution in [0.4, 0.5) is 0 Å². The Morgan fingerprint density at radius 1 is 1.08 bits per heavy atom. The van der Waals surface area contributed by atoms with Crippen LogP contribution in [0.3, 0.4) is 0 Å². The number of carbonyl (C=O) groups is 2. The second kappa shape index (κ2) is 9.38. The van der Waals surface area contributed by atoms with Crippen LogP contribution in [0.15, 0.2) is 30.0 Å². The normalized spacial score (nSPS) is 14.4. The third-order valence-electron chi connectivity index (χ3n) is 4.31. The topological polar surface area (TPSA) is 70.1 Å². The van der Waals surface area contributed by atoms with Gasteiger partial charge in [-0.05, 0) is 30.5 Å². The minimum absolute atomic E-state index is 0.0898. The Morgan fingerprint density at radius 2 is 1.77 bits per heavy atom. The summed E-state index contributed by atoms with van der Waals surface area (Å²) in [4.78, 5) is 28.7. The number of aliphatic hydroxyl groups excluding tert-OH is 1. The number of carbonyl (C=O) groups excluding carboxylic acids is 2. The molecule has 6 heteroatoms. The van der Waals surface area contributed by atoms with E-state index in [1.54, 1.807) is 11.9 Å². The maximum absolute atomic E-state index is 12.9. The van der Waals surface area contributed by atoms with Gasteiger partial charge in [0, 0.05) is 20.1 Å². The van der Waals surface area contributed by atoms with Crippen molar-refractivity contribution in [1.82, 2.24) is 9.80 Å². The Morgan fingerprint density at radius 3 is 2.35 bits per heavy atom. The molecular weight excluding hydrogens is 332 g/mol. The molecule has 0 atom stereocenters. The average Bonchev–Trinajstić information content (AvgIpc) is 2.89. The van der Waals surface area contributed by atoms with Crippen molar-refractivity contribution in [3.05, 3.63) is 35.5 Å². The zero-order chi connectivity index (χ0) is 19.1. The van der Waals surface area contributed by atoms with Crippen molar-refractivity contribution < 1.29 is 19.4 Å². The average molecular weight is 360 g/mol. The van der Waals surface area contributed by atoms with E-state index in [1.807, 2.05) is 38.1 Å². The molecule has 0 saturated carbocycles. The molecular formula is C20H28N2O4. The van der Waals surface area contributed by atoms with Gasteiger partial charge in [0.05, 0.1) is 18.8 Å². The Labute approximate surface area is 155 Å². The molecule has 6 nitrogen and oxygen atoms in total. The molecule has 0 saturated heterocycles. The van der Waals surface area contributed by atoms with Crippen molar-refractivity contribution in [2.45, 2.75) is 33.1 Å². The van der Waals surface area contributed by atoms with Crippen LogP contribution >= 0.6 is 0 Å². The molecule has 2 rings (SSSR count). The van der Waals surface area contributed by atoms with Gasteiger partial charge in [-0.25, -0.2) is 0 Å². The molecule has 0 aliphatic carbocycles. The highest BCUT2D eigenvalue weighted by atomic mass is 16.5. The molecule has 0 aromatic heterocycles. The smallest absolute Gasteiger partial charge is 0.277 e. The number of likely N-dealkylation sites (N-methyl/N-ethyl adjacent to an activating group) is 1. The van der Waals surface area contributed by atoms with E-state index in [-0.39, 0.29) is 25.0 Å². The van der Waals surface area contributed by atoms with Crippen LogP contribution in [0.1, 0.15) is 38.7 Å². The summed E-state index contributed by atoms with van der Waals surface area (Å²) < 4.78 is 5.59. The quantitative estimate of drug-likeness (QED) is 0.648. The summed E-state index contributed by atoms with van der Waals surface area (Å²) in [6, 6.07) is 7.24. The van der Waals surface area contributed by atoms with Crippen molar-refractivity contribution >= 4 is 17.4 Å². The van der Waals surface area contributed by atoms with Crippen LogP contribution in [-0.4, -0.2) is 60.1 Å². The zero-order valence-electron chi connectivity index (χ0n) is 15.8. The van der Waals surface area contributed by atoms with Gasteiger partial charge in [0.2, 0.25) is 0 Å². The molecule has 1 N–H and O–H groups in total. The molecule has 2 amide bonds. The van der Waals surface area contributed by atoms with Crippen LogP contribution < -0.4 is 4.74 Å². The first-order valence-electron chi connectivity index (χ1n) is 9.20. The fourth-order valence-corrected chi connectivity index (χ4v) is 2.90. The summed E-state index contributed by atoms with van der Waals surface area (Å²) in [5.74, 6) is 0.173. The van der Waals surface area contributed by atoms with Gasteiger partial charge in [-0.15, -0.1) is 0 Å². The SMILES string of the molecule is CCCCN1C(=O)C(c2ccc(OCCC)cc2)=C(N(C)CCO)C1=O. The zero-order valence-corrected chi connectivity index (χ0v) is 15.8. The lowest BCUT2D eigenvalue weighted by Crippen LogP contribution is -2.35. The van der Waals surface area contributed by atoms with Crippen LogP contribution in [-0.2, 0) is 9.59 Å². The minimum atomic E-state index is -0.291. The second-order valence-electron chi connectivity index (χ2n) is 6.36. The van der Waals surface area contributed by atoms with Gasteiger partial charge in [-0.3, -0.25) is 14.5 Å². The standard InChI is InChI=1S/C20H28N2O4/c1-4-6-11-22-19(24)17(18(20(22)25)21(3)12-13-23)15-7-9-16(10-8-15)26-14-5-2/h7-10,23H,4-6,11-14H2,1-3H3.